The average molecular weight is 353 g/mol. The van der Waals surface area contributed by atoms with Gasteiger partial charge in [-0.1, -0.05) is 0 Å². The van der Waals surface area contributed by atoms with Crippen LogP contribution in [0.25, 0.3) is 10.9 Å². The molecule has 0 spiro atoms. The lowest BCUT2D eigenvalue weighted by molar-refractivity contribution is 0.0696. The Morgan fingerprint density at radius 3 is 2.62 bits per heavy atom. The molecule has 3 rings (SSSR count). The number of rotatable bonds is 3. The van der Waals surface area contributed by atoms with Gasteiger partial charge in [0.05, 0.1) is 15.6 Å². The molecule has 0 amide bonds. The van der Waals surface area contributed by atoms with Crippen LogP contribution in [0, 0.1) is 0 Å². The maximum atomic E-state index is 11.7. The third kappa shape index (κ3) is 2.42. The fraction of sp³-hybridized carbons (Fsp3) is 0.400. The molecule has 0 bridgehead atoms. The molecular formula is C15H17BrN2O3. The van der Waals surface area contributed by atoms with E-state index in [4.69, 9.17) is 0 Å². The van der Waals surface area contributed by atoms with Crippen LogP contribution >= 0.6 is 15.9 Å². The summed E-state index contributed by atoms with van der Waals surface area (Å²) in [6, 6.07) is 3.29. The Kier molecular flexibility index (Phi) is 3.67. The quantitative estimate of drug-likeness (QED) is 0.891. The zero-order valence-electron chi connectivity index (χ0n) is 11.8. The number of benzene rings is 1. The highest BCUT2D eigenvalue weighted by atomic mass is 79.9. The van der Waals surface area contributed by atoms with Crippen LogP contribution in [-0.2, 0) is 13.6 Å². The number of phenols is 1. The fourth-order valence-corrected chi connectivity index (χ4v) is 3.41. The van der Waals surface area contributed by atoms with Crippen molar-refractivity contribution in [3.63, 3.8) is 0 Å². The van der Waals surface area contributed by atoms with E-state index >= 15 is 0 Å². The van der Waals surface area contributed by atoms with E-state index in [1.165, 1.54) is 18.9 Å². The summed E-state index contributed by atoms with van der Waals surface area (Å²) in [6.07, 6.45) is 2.33. The minimum Gasteiger partial charge on any atom is -0.507 e. The highest BCUT2D eigenvalue weighted by Crippen LogP contribution is 2.34. The summed E-state index contributed by atoms with van der Waals surface area (Å²) in [6.45, 7) is 2.65. The molecule has 0 saturated carbocycles. The van der Waals surface area contributed by atoms with Gasteiger partial charge in [0.1, 0.15) is 5.75 Å². The number of aromatic nitrogens is 1. The smallest absolute Gasteiger partial charge is 0.338 e. The highest BCUT2D eigenvalue weighted by Gasteiger charge is 2.24. The van der Waals surface area contributed by atoms with Gasteiger partial charge < -0.3 is 14.8 Å². The van der Waals surface area contributed by atoms with Crippen molar-refractivity contribution in [2.24, 2.45) is 7.05 Å². The normalized spacial score (nSPS) is 15.9. The lowest BCUT2D eigenvalue weighted by Crippen LogP contribution is -2.21. The molecule has 2 heterocycles. The third-order valence-corrected chi connectivity index (χ3v) is 4.81. The summed E-state index contributed by atoms with van der Waals surface area (Å²) in [5, 5.41) is 20.0. The molecule has 1 fully saturated rings. The number of hydrogen-bond acceptors (Lipinski definition) is 3. The topological polar surface area (TPSA) is 65.7 Å². The van der Waals surface area contributed by atoms with Crippen LogP contribution in [0.15, 0.2) is 16.6 Å². The molecule has 0 unspecified atom stereocenters. The summed E-state index contributed by atoms with van der Waals surface area (Å²) in [4.78, 5) is 14.0. The van der Waals surface area contributed by atoms with Gasteiger partial charge in [-0.2, -0.15) is 0 Å². The molecule has 1 saturated heterocycles. The van der Waals surface area contributed by atoms with Gasteiger partial charge >= 0.3 is 5.97 Å². The molecule has 1 aromatic heterocycles. The maximum Gasteiger partial charge on any atom is 0.338 e. The second kappa shape index (κ2) is 5.35. The molecule has 2 aromatic rings. The Bertz CT molecular complexity index is 718. The number of aromatic hydroxyl groups is 1. The summed E-state index contributed by atoms with van der Waals surface area (Å²) in [7, 11) is 1.88. The van der Waals surface area contributed by atoms with Gasteiger partial charge in [0.25, 0.3) is 0 Å². The van der Waals surface area contributed by atoms with Crippen molar-refractivity contribution in [1.82, 2.24) is 9.47 Å². The summed E-state index contributed by atoms with van der Waals surface area (Å²) >= 11 is 3.29. The molecule has 6 heteroatoms. The van der Waals surface area contributed by atoms with Crippen molar-refractivity contribution in [2.75, 3.05) is 13.1 Å². The number of hydrogen-bond donors (Lipinski definition) is 2. The minimum atomic E-state index is -0.948. The Labute approximate surface area is 130 Å². The van der Waals surface area contributed by atoms with Crippen molar-refractivity contribution in [2.45, 2.75) is 19.4 Å². The molecule has 21 heavy (non-hydrogen) atoms. The molecule has 0 atom stereocenters. The molecule has 0 radical (unpaired) electrons. The molecule has 2 N–H and O–H groups in total. The summed E-state index contributed by atoms with van der Waals surface area (Å²) in [5.74, 6) is -0.889. The van der Waals surface area contributed by atoms with Crippen LogP contribution in [0.2, 0.25) is 0 Å². The number of aryl methyl sites for hydroxylation is 1. The zero-order chi connectivity index (χ0) is 15.1. The van der Waals surface area contributed by atoms with Gasteiger partial charge in [-0.15, -0.1) is 0 Å². The Morgan fingerprint density at radius 1 is 1.33 bits per heavy atom. The molecule has 1 aromatic carbocycles. The number of carbonyl (C=O) groups is 1. The Balaban J connectivity index is 2.19. The number of halogens is 1. The van der Waals surface area contributed by atoms with Crippen molar-refractivity contribution in [3.05, 3.63) is 27.9 Å². The maximum absolute atomic E-state index is 11.7. The molecular weight excluding hydrogens is 336 g/mol. The van der Waals surface area contributed by atoms with Gasteiger partial charge in [0.2, 0.25) is 0 Å². The zero-order valence-corrected chi connectivity index (χ0v) is 13.4. The van der Waals surface area contributed by atoms with Crippen LogP contribution in [0.3, 0.4) is 0 Å². The van der Waals surface area contributed by atoms with E-state index < -0.39 is 5.97 Å². The average Bonchev–Trinajstić information content (AvgIpc) is 3.01. The van der Waals surface area contributed by atoms with E-state index in [-0.39, 0.29) is 5.75 Å². The number of aromatic carboxylic acids is 1. The lowest BCUT2D eigenvalue weighted by Gasteiger charge is -2.16. The van der Waals surface area contributed by atoms with Crippen molar-refractivity contribution in [1.29, 1.82) is 0 Å². The van der Waals surface area contributed by atoms with Gasteiger partial charge in [0.15, 0.2) is 0 Å². The monoisotopic (exact) mass is 352 g/mol. The van der Waals surface area contributed by atoms with Crippen LogP contribution in [0.1, 0.15) is 28.9 Å². The molecule has 0 aliphatic carbocycles. The predicted octanol–water partition coefficient (Wildman–Crippen LogP) is 2.94. The molecule has 1 aliphatic heterocycles. The third-order valence-electron chi connectivity index (χ3n) is 4.18. The number of likely N-dealkylation sites (tertiary alicyclic amines) is 1. The van der Waals surface area contributed by atoms with Crippen LogP contribution < -0.4 is 0 Å². The Morgan fingerprint density at radius 2 is 2.00 bits per heavy atom. The second-order valence-corrected chi connectivity index (χ2v) is 6.34. The number of carboxylic acid groups (broad SMARTS) is 1. The first-order valence-electron chi connectivity index (χ1n) is 6.94. The predicted molar refractivity (Wildman–Crippen MR) is 83.8 cm³/mol. The first-order chi connectivity index (χ1) is 9.99. The van der Waals surface area contributed by atoms with E-state index in [0.717, 1.165) is 24.3 Å². The lowest BCUT2D eigenvalue weighted by atomic mass is 10.1. The van der Waals surface area contributed by atoms with Gasteiger partial charge in [-0.05, 0) is 54.0 Å². The molecule has 5 nitrogen and oxygen atoms in total. The van der Waals surface area contributed by atoms with E-state index in [2.05, 4.69) is 20.8 Å². The number of carboxylic acids is 1. The van der Waals surface area contributed by atoms with Gasteiger partial charge in [-0.25, -0.2) is 4.79 Å². The highest BCUT2D eigenvalue weighted by molar-refractivity contribution is 9.10. The van der Waals surface area contributed by atoms with Gasteiger partial charge in [0, 0.05) is 24.7 Å². The van der Waals surface area contributed by atoms with Crippen molar-refractivity contribution < 1.29 is 15.0 Å². The number of phenolic OH excluding ortho intramolecular Hbond substituents is 1. The fourth-order valence-electron chi connectivity index (χ4n) is 3.07. The number of fused-ring (bicyclic) bond motifs is 1. The Hall–Kier alpha value is -1.53. The van der Waals surface area contributed by atoms with Crippen molar-refractivity contribution >= 4 is 32.8 Å². The van der Waals surface area contributed by atoms with Gasteiger partial charge in [-0.3, -0.25) is 4.90 Å². The van der Waals surface area contributed by atoms with E-state index in [0.29, 0.717) is 22.0 Å². The first kappa shape index (κ1) is 14.4. The first-order valence-corrected chi connectivity index (χ1v) is 7.73. The molecule has 112 valence electrons. The van der Waals surface area contributed by atoms with E-state index in [1.807, 2.05) is 11.6 Å². The van der Waals surface area contributed by atoms with Crippen molar-refractivity contribution in [3.8, 4) is 5.75 Å². The van der Waals surface area contributed by atoms with E-state index in [9.17, 15) is 15.0 Å². The molecule has 1 aliphatic rings. The second-order valence-electron chi connectivity index (χ2n) is 5.49. The van der Waals surface area contributed by atoms with Crippen LogP contribution in [0.4, 0.5) is 0 Å². The largest absolute Gasteiger partial charge is 0.507 e. The van der Waals surface area contributed by atoms with E-state index in [1.54, 1.807) is 6.07 Å². The standard InChI is InChI=1S/C15H17BrN2O3/c1-17-11-7-10(16)13(19)6-9(11)14(15(20)21)12(17)8-18-4-2-3-5-18/h6-7,19H,2-5,8H2,1H3,(H,20,21). The summed E-state index contributed by atoms with van der Waals surface area (Å²) < 4.78 is 2.49. The van der Waals surface area contributed by atoms with Crippen LogP contribution in [0.5, 0.6) is 5.75 Å². The SMILES string of the molecule is Cn1c(CN2CCCC2)c(C(=O)O)c2cc(O)c(Br)cc21. The summed E-state index contributed by atoms with van der Waals surface area (Å²) in [5.41, 5.74) is 1.89. The number of nitrogens with zero attached hydrogens (tertiary/aromatic N) is 2. The van der Waals surface area contributed by atoms with Crippen LogP contribution in [-0.4, -0.2) is 38.7 Å². The minimum absolute atomic E-state index is 0.0586.